The van der Waals surface area contributed by atoms with E-state index in [1.165, 1.54) is 6.33 Å². The predicted molar refractivity (Wildman–Crippen MR) is 102 cm³/mol. The van der Waals surface area contributed by atoms with E-state index in [1.54, 1.807) is 30.5 Å². The van der Waals surface area contributed by atoms with Crippen LogP contribution < -0.4 is 10.5 Å². The van der Waals surface area contributed by atoms with Crippen molar-refractivity contribution < 1.29 is 4.74 Å². The summed E-state index contributed by atoms with van der Waals surface area (Å²) in [5, 5.41) is 5.43. The first kappa shape index (κ1) is 17.2. The summed E-state index contributed by atoms with van der Waals surface area (Å²) in [4.78, 5) is 16.9. The van der Waals surface area contributed by atoms with E-state index in [0.29, 0.717) is 33.3 Å². The third-order valence-electron chi connectivity index (χ3n) is 4.23. The fraction of sp³-hybridized carbons (Fsp3) is 0.167. The van der Waals surface area contributed by atoms with E-state index < -0.39 is 0 Å². The molecule has 0 aliphatic heterocycles. The maximum absolute atomic E-state index is 6.24. The van der Waals surface area contributed by atoms with E-state index in [2.05, 4.69) is 25.0 Å². The lowest BCUT2D eigenvalue weighted by Crippen LogP contribution is -2.02. The molecule has 0 radical (unpaired) electrons. The van der Waals surface area contributed by atoms with Crippen molar-refractivity contribution in [1.29, 1.82) is 0 Å². The predicted octanol–water partition coefficient (Wildman–Crippen LogP) is 2.94. The Morgan fingerprint density at radius 3 is 2.78 bits per heavy atom. The summed E-state index contributed by atoms with van der Waals surface area (Å²) in [6, 6.07) is 3.75. The number of anilines is 1. The van der Waals surface area contributed by atoms with Gasteiger partial charge in [-0.2, -0.15) is 5.10 Å². The number of aromatic nitrogens is 6. The van der Waals surface area contributed by atoms with Gasteiger partial charge in [0.1, 0.15) is 30.8 Å². The van der Waals surface area contributed by atoms with E-state index in [0.717, 1.165) is 16.7 Å². The van der Waals surface area contributed by atoms with Gasteiger partial charge in [0, 0.05) is 30.6 Å². The Balaban J connectivity index is 1.82. The molecule has 0 aliphatic rings. The van der Waals surface area contributed by atoms with E-state index >= 15 is 0 Å². The summed E-state index contributed by atoms with van der Waals surface area (Å²) in [5.74, 6) is 1.46. The summed E-state index contributed by atoms with van der Waals surface area (Å²) in [7, 11) is 1.80. The summed E-state index contributed by atoms with van der Waals surface area (Å²) in [6.45, 7) is 2.15. The average molecular weight is 382 g/mol. The fourth-order valence-electron chi connectivity index (χ4n) is 2.87. The van der Waals surface area contributed by atoms with Crippen molar-refractivity contribution in [3.05, 3.63) is 53.6 Å². The molecule has 0 saturated carbocycles. The second-order valence-electron chi connectivity index (χ2n) is 6.01. The molecule has 0 atom stereocenters. The van der Waals surface area contributed by atoms with Crippen LogP contribution >= 0.6 is 11.6 Å². The van der Waals surface area contributed by atoms with E-state index in [4.69, 9.17) is 22.1 Å². The van der Waals surface area contributed by atoms with Crippen molar-refractivity contribution in [2.24, 2.45) is 7.05 Å². The van der Waals surface area contributed by atoms with E-state index in [9.17, 15) is 0 Å². The Kier molecular flexibility index (Phi) is 4.33. The molecule has 1 aromatic carbocycles. The zero-order chi connectivity index (χ0) is 19.0. The number of halogens is 1. The number of pyridine rings is 1. The van der Waals surface area contributed by atoms with Gasteiger partial charge in [-0.25, -0.2) is 15.0 Å². The molecule has 4 aromatic rings. The maximum atomic E-state index is 6.24. The average Bonchev–Trinajstić information content (AvgIpc) is 3.08. The highest BCUT2D eigenvalue weighted by Gasteiger charge is 2.16. The Morgan fingerprint density at radius 1 is 1.15 bits per heavy atom. The van der Waals surface area contributed by atoms with Gasteiger partial charge in [-0.05, 0) is 24.6 Å². The minimum atomic E-state index is 0.210. The molecule has 0 spiro atoms. The summed E-state index contributed by atoms with van der Waals surface area (Å²) < 4.78 is 7.52. The van der Waals surface area contributed by atoms with E-state index in [-0.39, 0.29) is 6.61 Å². The second kappa shape index (κ2) is 6.81. The van der Waals surface area contributed by atoms with Crippen molar-refractivity contribution >= 4 is 28.3 Å². The molecule has 0 aliphatic carbocycles. The largest absolute Gasteiger partial charge is 0.485 e. The van der Waals surface area contributed by atoms with Gasteiger partial charge in [0.2, 0.25) is 0 Å². The second-order valence-corrected chi connectivity index (χ2v) is 6.42. The molecule has 4 rings (SSSR count). The van der Waals surface area contributed by atoms with Crippen LogP contribution in [0.1, 0.15) is 11.4 Å². The number of fused-ring (bicyclic) bond motifs is 1. The number of ether oxygens (including phenoxy) is 1. The van der Waals surface area contributed by atoms with Crippen LogP contribution in [0.5, 0.6) is 5.75 Å². The number of aryl methyl sites for hydroxylation is 1. The van der Waals surface area contributed by atoms with Crippen LogP contribution in [0.2, 0.25) is 5.02 Å². The molecule has 0 amide bonds. The zero-order valence-corrected chi connectivity index (χ0v) is 15.5. The molecule has 0 bridgehead atoms. The standard InChI is InChI=1S/C18H16ClN7O/c1-10-12(5-21-6-13(10)19)11-3-4-14(16-17(11)22-8-23-18(16)20)27-7-15-24-9-26(2)25-15/h3-6,8-9H,7H2,1-2H3,(H2,20,22,23). The highest BCUT2D eigenvalue weighted by atomic mass is 35.5. The van der Waals surface area contributed by atoms with Crippen LogP contribution in [0.4, 0.5) is 5.82 Å². The lowest BCUT2D eigenvalue weighted by Gasteiger charge is -2.14. The third-order valence-corrected chi connectivity index (χ3v) is 4.61. The number of hydrogen-bond acceptors (Lipinski definition) is 7. The Bertz CT molecular complexity index is 1140. The smallest absolute Gasteiger partial charge is 0.188 e. The summed E-state index contributed by atoms with van der Waals surface area (Å²) >= 11 is 6.24. The van der Waals surface area contributed by atoms with Crippen LogP contribution in [0.15, 0.2) is 37.2 Å². The van der Waals surface area contributed by atoms with Gasteiger partial charge in [-0.15, -0.1) is 0 Å². The zero-order valence-electron chi connectivity index (χ0n) is 14.7. The maximum Gasteiger partial charge on any atom is 0.188 e. The molecule has 3 aromatic heterocycles. The van der Waals surface area contributed by atoms with Crippen LogP contribution in [-0.4, -0.2) is 29.7 Å². The highest BCUT2D eigenvalue weighted by Crippen LogP contribution is 2.37. The van der Waals surface area contributed by atoms with Crippen molar-refractivity contribution in [2.45, 2.75) is 13.5 Å². The van der Waals surface area contributed by atoms with Crippen LogP contribution in [0.25, 0.3) is 22.0 Å². The molecule has 9 heteroatoms. The summed E-state index contributed by atoms with van der Waals surface area (Å²) in [6.07, 6.45) is 6.42. The first-order valence-corrected chi connectivity index (χ1v) is 8.53. The number of benzene rings is 1. The Labute approximate surface area is 160 Å². The quantitative estimate of drug-likeness (QED) is 0.579. The van der Waals surface area contributed by atoms with Crippen molar-refractivity contribution in [3.8, 4) is 16.9 Å². The van der Waals surface area contributed by atoms with Crippen LogP contribution in [0, 0.1) is 6.92 Å². The topological polar surface area (TPSA) is 105 Å². The van der Waals surface area contributed by atoms with Gasteiger partial charge in [-0.3, -0.25) is 9.67 Å². The molecule has 136 valence electrons. The molecule has 2 N–H and O–H groups in total. The molecule has 0 unspecified atom stereocenters. The van der Waals surface area contributed by atoms with E-state index in [1.807, 2.05) is 19.1 Å². The number of nitrogens with two attached hydrogens (primary N) is 1. The van der Waals surface area contributed by atoms with Gasteiger partial charge in [0.25, 0.3) is 0 Å². The first-order valence-electron chi connectivity index (χ1n) is 8.15. The monoisotopic (exact) mass is 381 g/mol. The van der Waals surface area contributed by atoms with Gasteiger partial charge in [0.05, 0.1) is 15.9 Å². The van der Waals surface area contributed by atoms with Gasteiger partial charge in [0.15, 0.2) is 5.82 Å². The Hall–Kier alpha value is -3.26. The van der Waals surface area contributed by atoms with Crippen molar-refractivity contribution in [2.75, 3.05) is 5.73 Å². The molecule has 3 heterocycles. The molecular weight excluding hydrogens is 366 g/mol. The van der Waals surface area contributed by atoms with Crippen molar-refractivity contribution in [1.82, 2.24) is 29.7 Å². The summed E-state index contributed by atoms with van der Waals surface area (Å²) in [5.41, 5.74) is 9.45. The first-order chi connectivity index (χ1) is 13.0. The van der Waals surface area contributed by atoms with Gasteiger partial charge >= 0.3 is 0 Å². The lowest BCUT2D eigenvalue weighted by atomic mass is 9.99. The number of hydrogen-bond donors (Lipinski definition) is 1. The molecule has 8 nitrogen and oxygen atoms in total. The highest BCUT2D eigenvalue weighted by molar-refractivity contribution is 6.31. The molecule has 0 fully saturated rings. The van der Waals surface area contributed by atoms with Crippen molar-refractivity contribution in [3.63, 3.8) is 0 Å². The minimum Gasteiger partial charge on any atom is -0.485 e. The molecule has 0 saturated heterocycles. The fourth-order valence-corrected chi connectivity index (χ4v) is 3.03. The van der Waals surface area contributed by atoms with Crippen LogP contribution in [0.3, 0.4) is 0 Å². The number of nitrogens with zero attached hydrogens (tertiary/aromatic N) is 6. The minimum absolute atomic E-state index is 0.210. The normalized spacial score (nSPS) is 11.1. The Morgan fingerprint density at radius 2 is 2.00 bits per heavy atom. The third kappa shape index (κ3) is 3.15. The molecule has 27 heavy (non-hydrogen) atoms. The molecular formula is C18H16ClN7O. The number of rotatable bonds is 4. The van der Waals surface area contributed by atoms with Gasteiger partial charge in [-0.1, -0.05) is 11.6 Å². The van der Waals surface area contributed by atoms with Gasteiger partial charge < -0.3 is 10.5 Å². The lowest BCUT2D eigenvalue weighted by molar-refractivity contribution is 0.299. The van der Waals surface area contributed by atoms with Crippen LogP contribution in [-0.2, 0) is 13.7 Å². The SMILES string of the molecule is Cc1c(Cl)cncc1-c1ccc(OCc2ncn(C)n2)c2c(N)ncnc12. The number of nitrogen functional groups attached to an aromatic ring is 1.